The fourth-order valence-electron chi connectivity index (χ4n) is 3.26. The molecule has 3 aromatic rings. The Kier molecular flexibility index (Phi) is 5.29. The third kappa shape index (κ3) is 4.62. The Morgan fingerprint density at radius 1 is 1.17 bits per heavy atom. The summed E-state index contributed by atoms with van der Waals surface area (Å²) in [7, 11) is 1.63. The van der Waals surface area contributed by atoms with Crippen molar-refractivity contribution >= 4 is 5.69 Å². The number of rotatable bonds is 7. The van der Waals surface area contributed by atoms with Gasteiger partial charge in [0.15, 0.2) is 0 Å². The van der Waals surface area contributed by atoms with E-state index in [1.165, 1.54) is 4.68 Å². The molecule has 0 aromatic carbocycles. The van der Waals surface area contributed by atoms with Crippen molar-refractivity contribution in [2.45, 2.75) is 32.7 Å². The summed E-state index contributed by atoms with van der Waals surface area (Å²) in [6.07, 6.45) is 4.77. The largest absolute Gasteiger partial charge is 0.476 e. The quantitative estimate of drug-likeness (QED) is 0.667. The van der Waals surface area contributed by atoms with Gasteiger partial charge in [-0.05, 0) is 43.5 Å². The average Bonchev–Trinajstić information content (AvgIpc) is 3.49. The Morgan fingerprint density at radius 2 is 2.03 bits per heavy atom. The molecular formula is C22H25N5O2. The van der Waals surface area contributed by atoms with Crippen LogP contribution in [0.25, 0.3) is 0 Å². The van der Waals surface area contributed by atoms with Gasteiger partial charge in [-0.15, -0.1) is 5.10 Å². The summed E-state index contributed by atoms with van der Waals surface area (Å²) in [4.78, 5) is 21.2. The van der Waals surface area contributed by atoms with Crippen LogP contribution < -0.4 is 15.6 Å². The molecule has 150 valence electrons. The van der Waals surface area contributed by atoms with E-state index in [-0.39, 0.29) is 5.56 Å². The minimum absolute atomic E-state index is 0.189. The molecule has 1 saturated carbocycles. The summed E-state index contributed by atoms with van der Waals surface area (Å²) >= 11 is 0. The summed E-state index contributed by atoms with van der Waals surface area (Å²) in [5.41, 5.74) is 4.52. The number of anilines is 1. The third-order valence-electron chi connectivity index (χ3n) is 5.18. The highest BCUT2D eigenvalue weighted by Crippen LogP contribution is 2.46. The second-order valence-electron chi connectivity index (χ2n) is 7.66. The van der Waals surface area contributed by atoms with Gasteiger partial charge in [-0.25, -0.2) is 4.68 Å². The second kappa shape index (κ2) is 8.03. The van der Waals surface area contributed by atoms with Crippen LogP contribution in [0.5, 0.6) is 5.88 Å². The molecule has 29 heavy (non-hydrogen) atoms. The summed E-state index contributed by atoms with van der Waals surface area (Å²) in [6, 6.07) is 9.79. The molecular weight excluding hydrogens is 366 g/mol. The molecule has 1 fully saturated rings. The molecule has 1 N–H and O–H groups in total. The first-order valence-corrected chi connectivity index (χ1v) is 9.78. The van der Waals surface area contributed by atoms with Gasteiger partial charge in [0.25, 0.3) is 5.56 Å². The van der Waals surface area contributed by atoms with Crippen molar-refractivity contribution in [2.75, 3.05) is 11.9 Å². The van der Waals surface area contributed by atoms with Crippen molar-refractivity contribution in [2.24, 2.45) is 13.0 Å². The molecule has 0 saturated heterocycles. The Hall–Kier alpha value is -3.22. The summed E-state index contributed by atoms with van der Waals surface area (Å²) in [5.74, 6) is 1.31. The van der Waals surface area contributed by atoms with Gasteiger partial charge >= 0.3 is 0 Å². The first kappa shape index (κ1) is 19.1. The van der Waals surface area contributed by atoms with E-state index < -0.39 is 0 Å². The number of hydrogen-bond donors (Lipinski definition) is 1. The minimum atomic E-state index is -0.189. The lowest BCUT2D eigenvalue weighted by Gasteiger charge is -2.11. The second-order valence-corrected chi connectivity index (χ2v) is 7.66. The van der Waals surface area contributed by atoms with Gasteiger partial charge in [-0.3, -0.25) is 14.8 Å². The van der Waals surface area contributed by atoms with Crippen molar-refractivity contribution in [3.63, 3.8) is 0 Å². The lowest BCUT2D eigenvalue weighted by molar-refractivity contribution is 0.278. The van der Waals surface area contributed by atoms with Crippen LogP contribution in [0.1, 0.15) is 34.9 Å². The Labute approximate surface area is 169 Å². The van der Waals surface area contributed by atoms with Crippen LogP contribution in [0, 0.1) is 19.8 Å². The van der Waals surface area contributed by atoms with E-state index in [2.05, 4.69) is 32.5 Å². The molecule has 1 unspecified atom stereocenters. The number of aromatic nitrogens is 4. The standard InChI is InChI=1S/C22H25N5O2/c1-14-4-7-19(24-10-14)18-8-17(18)13-29-21-9-20(22(28)27(3)26-21)25-12-16-6-5-15(2)23-11-16/h4-7,9-11,17-18,25H,8,12-13H2,1-3H3/t17?,18-/m1/s1. The number of hydrogen-bond acceptors (Lipinski definition) is 6. The molecule has 1 aliphatic carbocycles. The van der Waals surface area contributed by atoms with E-state index in [9.17, 15) is 4.79 Å². The lowest BCUT2D eigenvalue weighted by atomic mass is 10.2. The first-order valence-electron chi connectivity index (χ1n) is 9.78. The van der Waals surface area contributed by atoms with E-state index >= 15 is 0 Å². The van der Waals surface area contributed by atoms with Crippen LogP contribution in [-0.4, -0.2) is 26.4 Å². The summed E-state index contributed by atoms with van der Waals surface area (Å²) in [6.45, 7) is 5.05. The molecule has 0 radical (unpaired) electrons. The smallest absolute Gasteiger partial charge is 0.290 e. The van der Waals surface area contributed by atoms with Crippen LogP contribution >= 0.6 is 0 Å². The Bertz CT molecular complexity index is 1040. The van der Waals surface area contributed by atoms with Gasteiger partial charge in [0.05, 0.1) is 6.61 Å². The maximum Gasteiger partial charge on any atom is 0.290 e. The van der Waals surface area contributed by atoms with Crippen molar-refractivity contribution < 1.29 is 4.74 Å². The van der Waals surface area contributed by atoms with Gasteiger partial charge in [-0.1, -0.05) is 12.1 Å². The zero-order valence-corrected chi connectivity index (χ0v) is 16.9. The number of nitrogens with one attached hydrogen (secondary N) is 1. The van der Waals surface area contributed by atoms with Gasteiger partial charge in [-0.2, -0.15) is 0 Å². The third-order valence-corrected chi connectivity index (χ3v) is 5.18. The number of aryl methyl sites for hydroxylation is 3. The fourth-order valence-corrected chi connectivity index (χ4v) is 3.26. The van der Waals surface area contributed by atoms with E-state index in [0.717, 1.165) is 28.9 Å². The van der Waals surface area contributed by atoms with Crippen molar-refractivity contribution in [3.05, 3.63) is 75.6 Å². The maximum absolute atomic E-state index is 12.4. The van der Waals surface area contributed by atoms with Crippen LogP contribution in [0.3, 0.4) is 0 Å². The van der Waals surface area contributed by atoms with E-state index in [4.69, 9.17) is 4.74 Å². The Morgan fingerprint density at radius 3 is 2.76 bits per heavy atom. The molecule has 0 bridgehead atoms. The zero-order valence-electron chi connectivity index (χ0n) is 16.9. The minimum Gasteiger partial charge on any atom is -0.476 e. The molecule has 4 rings (SSSR count). The molecule has 7 nitrogen and oxygen atoms in total. The monoisotopic (exact) mass is 391 g/mol. The topological polar surface area (TPSA) is 81.9 Å². The molecule has 7 heteroatoms. The number of ether oxygens (including phenoxy) is 1. The van der Waals surface area contributed by atoms with Gasteiger partial charge in [0.1, 0.15) is 5.69 Å². The molecule has 2 atom stereocenters. The molecule has 3 aromatic heterocycles. The molecule has 0 amide bonds. The normalized spacial score (nSPS) is 17.8. The molecule has 3 heterocycles. The highest BCUT2D eigenvalue weighted by Gasteiger charge is 2.40. The van der Waals surface area contributed by atoms with Gasteiger partial charge in [0, 0.05) is 55.3 Å². The molecule has 0 aliphatic heterocycles. The number of pyridine rings is 2. The van der Waals surface area contributed by atoms with E-state index in [1.54, 1.807) is 19.3 Å². The Balaban J connectivity index is 1.37. The van der Waals surface area contributed by atoms with Gasteiger partial charge in [0.2, 0.25) is 5.88 Å². The van der Waals surface area contributed by atoms with Crippen LogP contribution in [-0.2, 0) is 13.6 Å². The summed E-state index contributed by atoms with van der Waals surface area (Å²) in [5, 5.41) is 7.39. The molecule has 0 spiro atoms. The average molecular weight is 391 g/mol. The van der Waals surface area contributed by atoms with Crippen molar-refractivity contribution in [1.82, 2.24) is 19.7 Å². The van der Waals surface area contributed by atoms with Crippen LogP contribution in [0.15, 0.2) is 47.5 Å². The highest BCUT2D eigenvalue weighted by molar-refractivity contribution is 5.44. The van der Waals surface area contributed by atoms with Gasteiger partial charge < -0.3 is 10.1 Å². The number of nitrogens with zero attached hydrogens (tertiary/aromatic N) is 4. The molecule has 1 aliphatic rings. The zero-order chi connectivity index (χ0) is 20.4. The maximum atomic E-state index is 12.4. The predicted molar refractivity (Wildman–Crippen MR) is 111 cm³/mol. The first-order chi connectivity index (χ1) is 14.0. The SMILES string of the molecule is Cc1ccc([C@@H]2CC2COc2cc(NCc3ccc(C)nc3)c(=O)n(C)n2)nc1. The lowest BCUT2D eigenvalue weighted by Crippen LogP contribution is -2.24. The van der Waals surface area contributed by atoms with Crippen LogP contribution in [0.4, 0.5) is 5.69 Å². The van der Waals surface area contributed by atoms with E-state index in [0.29, 0.717) is 36.6 Å². The van der Waals surface area contributed by atoms with Crippen LogP contribution in [0.2, 0.25) is 0 Å². The van der Waals surface area contributed by atoms with E-state index in [1.807, 2.05) is 32.2 Å². The van der Waals surface area contributed by atoms with Crippen molar-refractivity contribution in [1.29, 1.82) is 0 Å². The predicted octanol–water partition coefficient (Wildman–Crippen LogP) is 2.98. The highest BCUT2D eigenvalue weighted by atomic mass is 16.5. The van der Waals surface area contributed by atoms with Crippen molar-refractivity contribution in [3.8, 4) is 5.88 Å². The summed E-state index contributed by atoms with van der Waals surface area (Å²) < 4.78 is 7.20. The fraction of sp³-hybridized carbons (Fsp3) is 0.364.